The highest BCUT2D eigenvalue weighted by molar-refractivity contribution is 7.77. The van der Waals surface area contributed by atoms with Gasteiger partial charge in [-0.25, -0.2) is 0 Å². The van der Waals surface area contributed by atoms with Gasteiger partial charge in [-0.3, -0.25) is 0 Å². The smallest absolute Gasteiger partial charge is 0.0729 e. The van der Waals surface area contributed by atoms with Gasteiger partial charge in [0, 0.05) is 11.5 Å². The van der Waals surface area contributed by atoms with Crippen molar-refractivity contribution in [2.24, 2.45) is 5.41 Å². The van der Waals surface area contributed by atoms with Crippen LogP contribution in [0.1, 0.15) is 20.8 Å². The summed E-state index contributed by atoms with van der Waals surface area (Å²) in [6.45, 7) is 7.33. The Hall–Kier alpha value is -2.31. The number of nitrogens with zero attached hydrogens (tertiary/aromatic N) is 1. The topological polar surface area (TPSA) is 23.3 Å². The van der Waals surface area contributed by atoms with Crippen molar-refractivity contribution in [3.8, 4) is 0 Å². The molecule has 1 aliphatic carbocycles. The standard InChI is InChI=1S/C24H25NOP/c1-24(2,3)22-17-26-23(25-22)20-15-10-16-21(20)27(18-11-6-4-7-12-18)19-13-8-5-9-14-19/h4-16,22H,17H2,1-3H3/q-1/b23-20+. The Bertz CT molecular complexity index is 851. The third kappa shape index (κ3) is 3.73. The molecule has 0 spiro atoms. The summed E-state index contributed by atoms with van der Waals surface area (Å²) in [4.78, 5) is 0. The molecule has 1 saturated heterocycles. The van der Waals surface area contributed by atoms with Crippen LogP contribution >= 0.6 is 7.92 Å². The van der Waals surface area contributed by atoms with Crippen LogP contribution in [0, 0.1) is 5.41 Å². The van der Waals surface area contributed by atoms with Crippen molar-refractivity contribution < 1.29 is 4.74 Å². The molecule has 2 aromatic rings. The number of allylic oxidation sites excluding steroid dienone is 5. The molecule has 0 N–H and O–H groups in total. The lowest BCUT2D eigenvalue weighted by Gasteiger charge is -2.35. The minimum Gasteiger partial charge on any atom is -0.648 e. The summed E-state index contributed by atoms with van der Waals surface area (Å²) in [6, 6.07) is 21.7. The molecule has 2 aliphatic rings. The molecule has 4 rings (SSSR count). The number of hydrogen-bond acceptors (Lipinski definition) is 1. The largest absolute Gasteiger partial charge is 0.648 e. The van der Waals surface area contributed by atoms with E-state index < -0.39 is 7.92 Å². The first-order chi connectivity index (χ1) is 13.0. The molecule has 1 atom stereocenters. The van der Waals surface area contributed by atoms with Crippen LogP contribution in [0.2, 0.25) is 0 Å². The first-order valence-corrected chi connectivity index (χ1v) is 10.7. The van der Waals surface area contributed by atoms with Crippen molar-refractivity contribution in [2.75, 3.05) is 6.61 Å². The number of hydrogen-bond donors (Lipinski definition) is 0. The zero-order chi connectivity index (χ0) is 18.9. The first kappa shape index (κ1) is 18.1. The predicted octanol–water partition coefficient (Wildman–Crippen LogP) is 5.60. The molecule has 0 aromatic heterocycles. The maximum absolute atomic E-state index is 6.06. The van der Waals surface area contributed by atoms with Crippen molar-refractivity contribution in [3.05, 3.63) is 101 Å². The van der Waals surface area contributed by atoms with Gasteiger partial charge in [-0.1, -0.05) is 106 Å². The van der Waals surface area contributed by atoms with Gasteiger partial charge in [-0.05, 0) is 29.3 Å². The van der Waals surface area contributed by atoms with Gasteiger partial charge in [-0.15, -0.1) is 0 Å². The van der Waals surface area contributed by atoms with E-state index in [1.165, 1.54) is 15.9 Å². The third-order valence-corrected chi connectivity index (χ3v) is 7.44. The quantitative estimate of drug-likeness (QED) is 0.641. The predicted molar refractivity (Wildman–Crippen MR) is 116 cm³/mol. The van der Waals surface area contributed by atoms with Crippen LogP contribution in [0.15, 0.2) is 95.7 Å². The fraction of sp³-hybridized carbons (Fsp3) is 0.250. The van der Waals surface area contributed by atoms with E-state index in [0.29, 0.717) is 6.61 Å². The minimum atomic E-state index is -0.649. The minimum absolute atomic E-state index is 0.109. The highest BCUT2D eigenvalue weighted by Crippen LogP contribution is 2.51. The third-order valence-electron chi connectivity index (χ3n) is 4.94. The van der Waals surface area contributed by atoms with Gasteiger partial charge in [0.25, 0.3) is 0 Å². The molecule has 0 saturated carbocycles. The van der Waals surface area contributed by atoms with Gasteiger partial charge >= 0.3 is 0 Å². The van der Waals surface area contributed by atoms with Gasteiger partial charge < -0.3 is 10.1 Å². The second-order valence-corrected chi connectivity index (χ2v) is 10.1. The fourth-order valence-corrected chi connectivity index (χ4v) is 5.77. The average molecular weight is 374 g/mol. The zero-order valence-corrected chi connectivity index (χ0v) is 17.0. The molecule has 0 radical (unpaired) electrons. The second-order valence-electron chi connectivity index (χ2n) is 7.96. The molecular formula is C24H25NOP-. The Morgan fingerprint density at radius 3 is 2.04 bits per heavy atom. The van der Waals surface area contributed by atoms with Crippen LogP contribution < -0.4 is 10.6 Å². The van der Waals surface area contributed by atoms with Crippen LogP contribution in [-0.4, -0.2) is 12.6 Å². The normalized spacial score (nSPS) is 21.9. The van der Waals surface area contributed by atoms with Crippen LogP contribution in [0.4, 0.5) is 0 Å². The summed E-state index contributed by atoms with van der Waals surface area (Å²) in [7, 11) is -0.649. The van der Waals surface area contributed by atoms with Crippen LogP contribution in [0.3, 0.4) is 0 Å². The SMILES string of the molecule is CC(C)(C)C1CO/C(=C2\C=CC=C2P(c2ccccc2)c2ccccc2)[N-]1. The summed E-state index contributed by atoms with van der Waals surface area (Å²) < 4.78 is 6.06. The first-order valence-electron chi connectivity index (χ1n) is 9.41. The van der Waals surface area contributed by atoms with Crippen molar-refractivity contribution in [1.82, 2.24) is 0 Å². The van der Waals surface area contributed by atoms with Gasteiger partial charge in [0.2, 0.25) is 0 Å². The van der Waals surface area contributed by atoms with E-state index in [2.05, 4.69) is 99.7 Å². The maximum Gasteiger partial charge on any atom is 0.0729 e. The van der Waals surface area contributed by atoms with E-state index in [4.69, 9.17) is 10.1 Å². The maximum atomic E-state index is 6.06. The molecule has 27 heavy (non-hydrogen) atoms. The lowest BCUT2D eigenvalue weighted by molar-refractivity contribution is 0.216. The van der Waals surface area contributed by atoms with E-state index >= 15 is 0 Å². The summed E-state index contributed by atoms with van der Waals surface area (Å²) in [6.07, 6.45) is 6.51. The fourth-order valence-electron chi connectivity index (χ4n) is 3.33. The Morgan fingerprint density at radius 2 is 1.52 bits per heavy atom. The summed E-state index contributed by atoms with van der Waals surface area (Å²) in [5.74, 6) is 0.800. The Kier molecular flexibility index (Phi) is 4.93. The molecule has 2 aromatic carbocycles. The van der Waals surface area contributed by atoms with Gasteiger partial charge in [0.05, 0.1) is 6.61 Å². The molecule has 138 valence electrons. The Labute approximate surface area is 163 Å². The van der Waals surface area contributed by atoms with Crippen LogP contribution in [0.5, 0.6) is 0 Å². The number of rotatable bonds is 3. The van der Waals surface area contributed by atoms with Crippen LogP contribution in [0.25, 0.3) is 5.32 Å². The molecule has 1 fully saturated rings. The Balaban J connectivity index is 1.74. The highest BCUT2D eigenvalue weighted by Gasteiger charge is 2.27. The van der Waals surface area contributed by atoms with Gasteiger partial charge in [0.1, 0.15) is 0 Å². The second kappa shape index (κ2) is 7.37. The van der Waals surface area contributed by atoms with Crippen molar-refractivity contribution in [1.29, 1.82) is 0 Å². The summed E-state index contributed by atoms with van der Waals surface area (Å²) in [5, 5.41) is 8.94. The monoisotopic (exact) mass is 374 g/mol. The molecule has 3 heteroatoms. The van der Waals surface area contributed by atoms with E-state index in [1.54, 1.807) is 0 Å². The van der Waals surface area contributed by atoms with E-state index in [0.717, 1.165) is 11.5 Å². The van der Waals surface area contributed by atoms with E-state index in [9.17, 15) is 0 Å². The lowest BCUT2D eigenvalue weighted by atomic mass is 9.88. The van der Waals surface area contributed by atoms with Gasteiger partial charge in [-0.2, -0.15) is 0 Å². The molecule has 1 aliphatic heterocycles. The van der Waals surface area contributed by atoms with Gasteiger partial charge in [0.15, 0.2) is 0 Å². The molecule has 1 unspecified atom stereocenters. The highest BCUT2D eigenvalue weighted by atomic mass is 31.1. The molecule has 0 bridgehead atoms. The average Bonchev–Trinajstić information content (AvgIpc) is 3.33. The molecule has 2 nitrogen and oxygen atoms in total. The molecule has 1 heterocycles. The van der Waals surface area contributed by atoms with Crippen molar-refractivity contribution in [3.63, 3.8) is 0 Å². The lowest BCUT2D eigenvalue weighted by Crippen LogP contribution is -2.25. The Morgan fingerprint density at radius 1 is 0.926 bits per heavy atom. The van der Waals surface area contributed by atoms with Crippen molar-refractivity contribution in [2.45, 2.75) is 26.8 Å². The van der Waals surface area contributed by atoms with Crippen LogP contribution in [-0.2, 0) is 4.74 Å². The summed E-state index contributed by atoms with van der Waals surface area (Å²) >= 11 is 0. The molecule has 0 amide bonds. The van der Waals surface area contributed by atoms with Crippen molar-refractivity contribution >= 4 is 18.5 Å². The van der Waals surface area contributed by atoms with E-state index in [1.807, 2.05) is 0 Å². The summed E-state index contributed by atoms with van der Waals surface area (Å²) in [5.41, 5.74) is 1.25. The zero-order valence-electron chi connectivity index (χ0n) is 16.1. The number of benzene rings is 2. The van der Waals surface area contributed by atoms with E-state index in [-0.39, 0.29) is 11.5 Å². The number of ether oxygens (including phenoxy) is 1. The molecular weight excluding hydrogens is 349 g/mol.